The zero-order chi connectivity index (χ0) is 15.5. The molecule has 1 amide bonds. The third-order valence-electron chi connectivity index (χ3n) is 3.55. The lowest BCUT2D eigenvalue weighted by molar-refractivity contribution is -0.139. The van der Waals surface area contributed by atoms with Gasteiger partial charge in [-0.2, -0.15) is 0 Å². The monoisotopic (exact) mass is 293 g/mol. The van der Waals surface area contributed by atoms with Gasteiger partial charge >= 0.3 is 5.97 Å². The summed E-state index contributed by atoms with van der Waals surface area (Å²) >= 11 is 0. The lowest BCUT2D eigenvalue weighted by Gasteiger charge is -2.32. The molecule has 2 atom stereocenters. The maximum Gasteiger partial charge on any atom is 0.305 e. The van der Waals surface area contributed by atoms with Gasteiger partial charge in [0, 0.05) is 5.54 Å². The van der Waals surface area contributed by atoms with Crippen molar-refractivity contribution in [1.82, 2.24) is 5.32 Å². The first kappa shape index (κ1) is 15.2. The smallest absolute Gasteiger partial charge is 0.305 e. The summed E-state index contributed by atoms with van der Waals surface area (Å²) in [4.78, 5) is 23.1. The normalized spacial score (nSPS) is 19.4. The molecule has 0 aliphatic carbocycles. The predicted molar refractivity (Wildman–Crippen MR) is 75.4 cm³/mol. The highest BCUT2D eigenvalue weighted by molar-refractivity contribution is 5.83. The Morgan fingerprint density at radius 1 is 1.38 bits per heavy atom. The summed E-state index contributed by atoms with van der Waals surface area (Å²) in [5.74, 6) is -0.202. The molecule has 6 nitrogen and oxygen atoms in total. The predicted octanol–water partition coefficient (Wildman–Crippen LogP) is 1.59. The Hall–Kier alpha value is -2.24. The minimum atomic E-state index is -0.953. The van der Waals surface area contributed by atoms with Gasteiger partial charge in [-0.1, -0.05) is 19.1 Å². The summed E-state index contributed by atoms with van der Waals surface area (Å²) < 4.78 is 11.1. The number of nitrogens with one attached hydrogen (secondary N) is 1. The van der Waals surface area contributed by atoms with E-state index in [0.29, 0.717) is 17.9 Å². The van der Waals surface area contributed by atoms with Gasteiger partial charge in [-0.15, -0.1) is 0 Å². The van der Waals surface area contributed by atoms with Crippen molar-refractivity contribution in [1.29, 1.82) is 0 Å². The van der Waals surface area contributed by atoms with E-state index in [2.05, 4.69) is 5.32 Å². The molecular formula is C15H19NO5. The van der Waals surface area contributed by atoms with E-state index in [4.69, 9.17) is 14.6 Å². The first-order valence-corrected chi connectivity index (χ1v) is 6.86. The highest BCUT2D eigenvalue weighted by Gasteiger charge is 2.33. The Labute approximate surface area is 123 Å². The molecule has 21 heavy (non-hydrogen) atoms. The molecule has 114 valence electrons. The Morgan fingerprint density at radius 2 is 2.05 bits per heavy atom. The minimum absolute atomic E-state index is 0.107. The number of carbonyl (C=O) groups excluding carboxylic acids is 1. The summed E-state index contributed by atoms with van der Waals surface area (Å²) in [5, 5.41) is 11.7. The van der Waals surface area contributed by atoms with Gasteiger partial charge in [-0.3, -0.25) is 9.59 Å². The fourth-order valence-corrected chi connectivity index (χ4v) is 2.12. The molecular weight excluding hydrogens is 274 g/mol. The van der Waals surface area contributed by atoms with E-state index in [1.165, 1.54) is 0 Å². The van der Waals surface area contributed by atoms with Gasteiger partial charge in [0.15, 0.2) is 11.5 Å². The lowest BCUT2D eigenvalue weighted by Crippen LogP contribution is -2.53. The van der Waals surface area contributed by atoms with Crippen molar-refractivity contribution < 1.29 is 24.2 Å². The van der Waals surface area contributed by atoms with Crippen LogP contribution in [-0.4, -0.2) is 35.2 Å². The van der Waals surface area contributed by atoms with Crippen molar-refractivity contribution in [2.45, 2.75) is 38.3 Å². The summed E-state index contributed by atoms with van der Waals surface area (Å²) in [6.07, 6.45) is -0.409. The second-order valence-corrected chi connectivity index (χ2v) is 5.34. The van der Waals surface area contributed by atoms with E-state index in [9.17, 15) is 9.59 Å². The topological polar surface area (TPSA) is 84.9 Å². The molecule has 1 heterocycles. The molecule has 0 spiro atoms. The molecule has 1 aliphatic heterocycles. The first-order valence-electron chi connectivity index (χ1n) is 6.86. The van der Waals surface area contributed by atoms with Crippen molar-refractivity contribution in [2.75, 3.05) is 6.61 Å². The molecule has 0 fully saturated rings. The Balaban J connectivity index is 2.03. The van der Waals surface area contributed by atoms with E-state index in [1.54, 1.807) is 25.1 Å². The van der Waals surface area contributed by atoms with Crippen LogP contribution in [0.2, 0.25) is 0 Å². The first-order chi connectivity index (χ1) is 9.93. The van der Waals surface area contributed by atoms with Crippen LogP contribution < -0.4 is 14.8 Å². The van der Waals surface area contributed by atoms with Gasteiger partial charge in [0.1, 0.15) is 6.61 Å². The van der Waals surface area contributed by atoms with Crippen molar-refractivity contribution in [3.8, 4) is 11.5 Å². The van der Waals surface area contributed by atoms with E-state index in [-0.39, 0.29) is 18.9 Å². The van der Waals surface area contributed by atoms with Gasteiger partial charge in [0.25, 0.3) is 5.91 Å². The molecule has 1 aliphatic rings. The van der Waals surface area contributed by atoms with Crippen LogP contribution in [-0.2, 0) is 9.59 Å². The van der Waals surface area contributed by atoms with Crippen LogP contribution in [0.15, 0.2) is 24.3 Å². The molecule has 0 aromatic heterocycles. The third kappa shape index (κ3) is 3.65. The number of amides is 1. The lowest BCUT2D eigenvalue weighted by atomic mass is 9.94. The largest absolute Gasteiger partial charge is 0.485 e. The van der Waals surface area contributed by atoms with Gasteiger partial charge in [-0.05, 0) is 25.5 Å². The SMILES string of the molecule is CC[C@@](C)(CC(=O)O)NC(=O)[C@H]1COc2ccccc2O1. The van der Waals surface area contributed by atoms with Gasteiger partial charge < -0.3 is 19.9 Å². The van der Waals surface area contributed by atoms with Crippen LogP contribution in [0.25, 0.3) is 0 Å². The average Bonchev–Trinajstić information content (AvgIpc) is 2.45. The third-order valence-corrected chi connectivity index (χ3v) is 3.55. The molecule has 0 saturated heterocycles. The number of carbonyl (C=O) groups is 2. The van der Waals surface area contributed by atoms with Gasteiger partial charge in [-0.25, -0.2) is 0 Å². The maximum atomic E-state index is 12.3. The standard InChI is InChI=1S/C15H19NO5/c1-3-15(2,8-13(17)18)16-14(19)12-9-20-10-6-4-5-7-11(10)21-12/h4-7,12H,3,8-9H2,1-2H3,(H,16,19)(H,17,18)/t12-,15+/m1/s1. The zero-order valence-electron chi connectivity index (χ0n) is 12.1. The van der Waals surface area contributed by atoms with E-state index >= 15 is 0 Å². The summed E-state index contributed by atoms with van der Waals surface area (Å²) in [7, 11) is 0. The Kier molecular flexibility index (Phi) is 4.35. The fraction of sp³-hybridized carbons (Fsp3) is 0.467. The minimum Gasteiger partial charge on any atom is -0.485 e. The highest BCUT2D eigenvalue weighted by Crippen LogP contribution is 2.31. The van der Waals surface area contributed by atoms with Crippen LogP contribution in [0, 0.1) is 0 Å². The van der Waals surface area contributed by atoms with E-state index in [1.807, 2.05) is 13.0 Å². The summed E-state index contributed by atoms with van der Waals surface area (Å²) in [6.45, 7) is 3.64. The Morgan fingerprint density at radius 3 is 2.67 bits per heavy atom. The number of ether oxygens (including phenoxy) is 2. The van der Waals surface area contributed by atoms with Crippen molar-refractivity contribution in [3.63, 3.8) is 0 Å². The number of benzene rings is 1. The molecule has 1 aromatic rings. The number of carboxylic acids is 1. The van der Waals surface area contributed by atoms with E-state index < -0.39 is 17.6 Å². The molecule has 0 bridgehead atoms. The molecule has 1 aromatic carbocycles. The number of hydrogen-bond acceptors (Lipinski definition) is 4. The van der Waals surface area contributed by atoms with Crippen molar-refractivity contribution in [3.05, 3.63) is 24.3 Å². The van der Waals surface area contributed by atoms with Crippen LogP contribution in [0.3, 0.4) is 0 Å². The molecule has 2 N–H and O–H groups in total. The number of para-hydroxylation sites is 2. The zero-order valence-corrected chi connectivity index (χ0v) is 12.1. The maximum absolute atomic E-state index is 12.3. The fourth-order valence-electron chi connectivity index (χ4n) is 2.12. The number of carboxylic acid groups (broad SMARTS) is 1. The van der Waals surface area contributed by atoms with Gasteiger partial charge in [0.2, 0.25) is 6.10 Å². The van der Waals surface area contributed by atoms with Crippen molar-refractivity contribution >= 4 is 11.9 Å². The van der Waals surface area contributed by atoms with Gasteiger partial charge in [0.05, 0.1) is 6.42 Å². The molecule has 0 unspecified atom stereocenters. The number of rotatable bonds is 5. The van der Waals surface area contributed by atoms with Crippen LogP contribution in [0.1, 0.15) is 26.7 Å². The molecule has 6 heteroatoms. The number of aliphatic carboxylic acids is 1. The number of hydrogen-bond donors (Lipinski definition) is 2. The number of fused-ring (bicyclic) bond motifs is 1. The quantitative estimate of drug-likeness (QED) is 0.861. The van der Waals surface area contributed by atoms with Crippen LogP contribution >= 0.6 is 0 Å². The highest BCUT2D eigenvalue weighted by atomic mass is 16.6. The second kappa shape index (κ2) is 6.03. The van der Waals surface area contributed by atoms with E-state index in [0.717, 1.165) is 0 Å². The second-order valence-electron chi connectivity index (χ2n) is 5.34. The molecule has 0 radical (unpaired) electrons. The molecule has 2 rings (SSSR count). The van der Waals surface area contributed by atoms with Crippen LogP contribution in [0.4, 0.5) is 0 Å². The Bertz CT molecular complexity index is 545. The average molecular weight is 293 g/mol. The van der Waals surface area contributed by atoms with Crippen LogP contribution in [0.5, 0.6) is 11.5 Å². The van der Waals surface area contributed by atoms with Crippen molar-refractivity contribution in [2.24, 2.45) is 0 Å². The summed E-state index contributed by atoms with van der Waals surface area (Å²) in [6, 6.07) is 7.11. The summed E-state index contributed by atoms with van der Waals surface area (Å²) in [5.41, 5.74) is -0.802. The molecule has 0 saturated carbocycles.